The van der Waals surface area contributed by atoms with E-state index in [0.29, 0.717) is 17.7 Å². The Balaban J connectivity index is 2.07. The summed E-state index contributed by atoms with van der Waals surface area (Å²) in [5, 5.41) is 16.3. The van der Waals surface area contributed by atoms with Gasteiger partial charge in [-0.25, -0.2) is 9.07 Å². The number of aryl methyl sites for hydroxylation is 1. The highest BCUT2D eigenvalue weighted by Crippen LogP contribution is 2.16. The molecule has 0 atom stereocenters. The van der Waals surface area contributed by atoms with Gasteiger partial charge in [0.25, 0.3) is 0 Å². The van der Waals surface area contributed by atoms with Gasteiger partial charge in [0.15, 0.2) is 0 Å². The second kappa shape index (κ2) is 5.92. The maximum absolute atomic E-state index is 13.6. The lowest BCUT2D eigenvalue weighted by atomic mass is 10.2. The van der Waals surface area contributed by atoms with Crippen molar-refractivity contribution in [2.75, 3.05) is 0 Å². The molecule has 0 amide bonds. The fourth-order valence-electron chi connectivity index (χ4n) is 1.60. The van der Waals surface area contributed by atoms with Crippen molar-refractivity contribution in [2.24, 2.45) is 0 Å². The van der Waals surface area contributed by atoms with Crippen LogP contribution in [0.1, 0.15) is 17.7 Å². The smallest absolute Gasteiger partial charge is 0.303 e. The monoisotopic (exact) mass is 327 g/mol. The van der Waals surface area contributed by atoms with E-state index >= 15 is 0 Å². The molecule has 1 N–H and O–H groups in total. The number of halogens is 2. The van der Waals surface area contributed by atoms with Gasteiger partial charge in [-0.3, -0.25) is 4.79 Å². The molecular weight excluding hydrogens is 317 g/mol. The molecule has 2 aromatic rings. The number of nitrogens with zero attached hydrogens (tertiary/aromatic N) is 3. The maximum Gasteiger partial charge on any atom is 0.303 e. The number of carboxylic acids is 1. The zero-order valence-electron chi connectivity index (χ0n) is 9.88. The highest BCUT2D eigenvalue weighted by Gasteiger charge is 2.07. The average Bonchev–Trinajstić information content (AvgIpc) is 2.79. The quantitative estimate of drug-likeness (QED) is 0.914. The van der Waals surface area contributed by atoms with Crippen LogP contribution in [0.2, 0.25) is 0 Å². The lowest BCUT2D eigenvalue weighted by Crippen LogP contribution is -2.02. The van der Waals surface area contributed by atoms with Crippen LogP contribution < -0.4 is 0 Å². The van der Waals surface area contributed by atoms with Crippen LogP contribution in [0.5, 0.6) is 0 Å². The Hall–Kier alpha value is -1.76. The lowest BCUT2D eigenvalue weighted by Gasteiger charge is -2.03. The molecule has 0 unspecified atom stereocenters. The Bertz CT molecular complexity index is 600. The number of benzene rings is 1. The predicted octanol–water partition coefficient (Wildman–Crippen LogP) is 2.25. The number of hydrogen-bond donors (Lipinski definition) is 1. The van der Waals surface area contributed by atoms with E-state index in [4.69, 9.17) is 5.11 Å². The molecule has 7 heteroatoms. The van der Waals surface area contributed by atoms with E-state index in [-0.39, 0.29) is 18.8 Å². The summed E-state index contributed by atoms with van der Waals surface area (Å²) in [6.07, 6.45) is 1.95. The van der Waals surface area contributed by atoms with Crippen molar-refractivity contribution >= 4 is 21.9 Å². The first-order valence-corrected chi connectivity index (χ1v) is 6.38. The van der Waals surface area contributed by atoms with Crippen LogP contribution in [0, 0.1) is 5.82 Å². The van der Waals surface area contributed by atoms with E-state index < -0.39 is 5.97 Å². The fourth-order valence-corrected chi connectivity index (χ4v) is 2.01. The molecule has 0 aliphatic rings. The first-order chi connectivity index (χ1) is 9.04. The van der Waals surface area contributed by atoms with Gasteiger partial charge in [0, 0.05) is 22.7 Å². The number of aromatic nitrogens is 3. The number of carbonyl (C=O) groups is 1. The van der Waals surface area contributed by atoms with Crippen LogP contribution in [0.4, 0.5) is 4.39 Å². The van der Waals surface area contributed by atoms with Crippen molar-refractivity contribution in [1.29, 1.82) is 0 Å². The molecule has 0 radical (unpaired) electrons. The van der Waals surface area contributed by atoms with E-state index in [1.54, 1.807) is 18.3 Å². The minimum atomic E-state index is -0.882. The Labute approximate surface area is 117 Å². The molecular formula is C12H11BrFN3O2. The number of aliphatic carboxylic acids is 1. The van der Waals surface area contributed by atoms with Crippen LogP contribution in [0.25, 0.3) is 0 Å². The maximum atomic E-state index is 13.6. The normalized spacial score (nSPS) is 10.6. The molecule has 1 heterocycles. The summed E-state index contributed by atoms with van der Waals surface area (Å²) in [5.74, 6) is -1.20. The van der Waals surface area contributed by atoms with E-state index in [1.165, 1.54) is 10.7 Å². The summed E-state index contributed by atoms with van der Waals surface area (Å²) >= 11 is 3.28. The minimum Gasteiger partial charge on any atom is -0.481 e. The highest BCUT2D eigenvalue weighted by atomic mass is 79.9. The third-order valence-electron chi connectivity index (χ3n) is 2.52. The van der Waals surface area contributed by atoms with Crippen molar-refractivity contribution in [3.8, 4) is 0 Å². The molecule has 1 aromatic heterocycles. The summed E-state index contributed by atoms with van der Waals surface area (Å²) in [4.78, 5) is 10.4. The second-order valence-corrected chi connectivity index (χ2v) is 4.95. The van der Waals surface area contributed by atoms with Crippen molar-refractivity contribution < 1.29 is 14.3 Å². The molecule has 5 nitrogen and oxygen atoms in total. The topological polar surface area (TPSA) is 68.0 Å². The van der Waals surface area contributed by atoms with E-state index in [2.05, 4.69) is 26.2 Å². The van der Waals surface area contributed by atoms with E-state index in [9.17, 15) is 9.18 Å². The van der Waals surface area contributed by atoms with Crippen LogP contribution in [0.15, 0.2) is 28.9 Å². The van der Waals surface area contributed by atoms with Crippen LogP contribution in [0.3, 0.4) is 0 Å². The SMILES string of the molecule is O=C(O)CCc1cn(Cc2cc(Br)ccc2F)nn1. The predicted molar refractivity (Wildman–Crippen MR) is 69.2 cm³/mol. The molecule has 0 fully saturated rings. The van der Waals surface area contributed by atoms with Crippen LogP contribution in [-0.2, 0) is 17.8 Å². The zero-order valence-corrected chi connectivity index (χ0v) is 11.5. The van der Waals surface area contributed by atoms with Gasteiger partial charge in [-0.2, -0.15) is 0 Å². The largest absolute Gasteiger partial charge is 0.481 e. The molecule has 0 saturated carbocycles. The standard InChI is InChI=1S/C12H11BrFN3O2/c13-9-1-3-11(14)8(5-9)6-17-7-10(15-16-17)2-4-12(18)19/h1,3,5,7H,2,4,6H2,(H,18,19). The molecule has 19 heavy (non-hydrogen) atoms. The zero-order chi connectivity index (χ0) is 13.8. The Morgan fingerprint density at radius 1 is 1.47 bits per heavy atom. The molecule has 100 valence electrons. The molecule has 0 spiro atoms. The average molecular weight is 328 g/mol. The number of hydrogen-bond acceptors (Lipinski definition) is 3. The van der Waals surface area contributed by atoms with Crippen molar-refractivity contribution in [2.45, 2.75) is 19.4 Å². The summed E-state index contributed by atoms with van der Waals surface area (Å²) < 4.78 is 15.8. The summed E-state index contributed by atoms with van der Waals surface area (Å²) in [6, 6.07) is 4.67. The fraction of sp³-hybridized carbons (Fsp3) is 0.250. The summed E-state index contributed by atoms with van der Waals surface area (Å²) in [6.45, 7) is 0.255. The van der Waals surface area contributed by atoms with E-state index in [0.717, 1.165) is 4.47 Å². The third kappa shape index (κ3) is 3.85. The molecule has 0 aliphatic carbocycles. The van der Waals surface area contributed by atoms with Gasteiger partial charge in [0.1, 0.15) is 5.82 Å². The molecule has 0 bridgehead atoms. The molecule has 2 rings (SSSR count). The lowest BCUT2D eigenvalue weighted by molar-refractivity contribution is -0.136. The Morgan fingerprint density at radius 2 is 2.26 bits per heavy atom. The van der Waals surface area contributed by atoms with Gasteiger partial charge >= 0.3 is 5.97 Å². The molecule has 0 aliphatic heterocycles. The number of rotatable bonds is 5. The third-order valence-corrected chi connectivity index (χ3v) is 3.01. The Kier molecular flexibility index (Phi) is 4.26. The first kappa shape index (κ1) is 13.7. The van der Waals surface area contributed by atoms with Crippen molar-refractivity contribution in [3.63, 3.8) is 0 Å². The van der Waals surface area contributed by atoms with Gasteiger partial charge in [0.05, 0.1) is 18.7 Å². The van der Waals surface area contributed by atoms with Gasteiger partial charge in [-0.1, -0.05) is 21.1 Å². The minimum absolute atomic E-state index is 0.00391. The van der Waals surface area contributed by atoms with Crippen LogP contribution in [-0.4, -0.2) is 26.1 Å². The van der Waals surface area contributed by atoms with Gasteiger partial charge in [-0.15, -0.1) is 5.10 Å². The summed E-state index contributed by atoms with van der Waals surface area (Å²) in [7, 11) is 0. The van der Waals surface area contributed by atoms with E-state index in [1.807, 2.05) is 0 Å². The first-order valence-electron chi connectivity index (χ1n) is 5.59. The second-order valence-electron chi connectivity index (χ2n) is 4.04. The Morgan fingerprint density at radius 3 is 3.00 bits per heavy atom. The van der Waals surface area contributed by atoms with Gasteiger partial charge in [0.2, 0.25) is 0 Å². The molecule has 1 aromatic carbocycles. The van der Waals surface area contributed by atoms with Crippen LogP contribution >= 0.6 is 15.9 Å². The summed E-state index contributed by atoms with van der Waals surface area (Å²) in [5.41, 5.74) is 1.07. The molecule has 0 saturated heterocycles. The van der Waals surface area contributed by atoms with Crippen molar-refractivity contribution in [1.82, 2.24) is 15.0 Å². The van der Waals surface area contributed by atoms with Gasteiger partial charge in [-0.05, 0) is 18.2 Å². The highest BCUT2D eigenvalue weighted by molar-refractivity contribution is 9.10. The number of carboxylic acid groups (broad SMARTS) is 1. The van der Waals surface area contributed by atoms with Crippen molar-refractivity contribution in [3.05, 3.63) is 45.9 Å². The van der Waals surface area contributed by atoms with Gasteiger partial charge < -0.3 is 5.11 Å².